The lowest BCUT2D eigenvalue weighted by atomic mass is 9.84. The lowest BCUT2D eigenvalue weighted by Crippen LogP contribution is -2.39. The fraction of sp³-hybridized carbons (Fsp3) is 0.444. The van der Waals surface area contributed by atoms with Crippen LogP contribution in [0.1, 0.15) is 38.2 Å². The minimum Gasteiger partial charge on any atom is -0.370 e. The van der Waals surface area contributed by atoms with Crippen LogP contribution >= 0.6 is 0 Å². The van der Waals surface area contributed by atoms with Gasteiger partial charge in [0.25, 0.3) is 0 Å². The molecule has 21 heavy (non-hydrogen) atoms. The maximum Gasteiger partial charge on any atom is 0.103 e. The molecule has 0 bridgehead atoms. The van der Waals surface area contributed by atoms with Gasteiger partial charge in [-0.2, -0.15) is 5.26 Å². The van der Waals surface area contributed by atoms with Crippen molar-refractivity contribution in [3.05, 3.63) is 36.0 Å². The van der Waals surface area contributed by atoms with Crippen LogP contribution in [0.2, 0.25) is 0 Å². The highest BCUT2D eigenvalue weighted by Crippen LogP contribution is 2.35. The average molecular weight is 279 g/mol. The van der Waals surface area contributed by atoms with E-state index in [1.54, 1.807) is 6.20 Å². The zero-order valence-corrected chi connectivity index (χ0v) is 12.7. The molecule has 0 amide bonds. The molecule has 108 valence electrons. The first-order valence-electron chi connectivity index (χ1n) is 7.73. The summed E-state index contributed by atoms with van der Waals surface area (Å²) in [7, 11) is 2.13. The van der Waals surface area contributed by atoms with Crippen LogP contribution in [-0.2, 0) is 0 Å². The third-order valence-electron chi connectivity index (χ3n) is 4.78. The molecule has 0 aliphatic heterocycles. The lowest BCUT2D eigenvalue weighted by Gasteiger charge is -2.38. The second-order valence-corrected chi connectivity index (χ2v) is 6.09. The highest BCUT2D eigenvalue weighted by molar-refractivity contribution is 5.94. The van der Waals surface area contributed by atoms with Crippen molar-refractivity contribution >= 4 is 16.6 Å². The van der Waals surface area contributed by atoms with E-state index in [2.05, 4.69) is 36.0 Å². The maximum absolute atomic E-state index is 9.47. The number of anilines is 1. The van der Waals surface area contributed by atoms with Gasteiger partial charge in [0.2, 0.25) is 0 Å². The summed E-state index contributed by atoms with van der Waals surface area (Å²) in [5.74, 6) is 0.669. The second kappa shape index (κ2) is 5.73. The molecule has 2 atom stereocenters. The number of hydrogen-bond acceptors (Lipinski definition) is 3. The molecular formula is C18H21N3. The molecule has 3 rings (SSSR count). The van der Waals surface area contributed by atoms with Gasteiger partial charge in [-0.3, -0.25) is 4.98 Å². The highest BCUT2D eigenvalue weighted by Gasteiger charge is 2.27. The van der Waals surface area contributed by atoms with Crippen LogP contribution in [0.3, 0.4) is 0 Å². The van der Waals surface area contributed by atoms with Gasteiger partial charge in [-0.25, -0.2) is 0 Å². The van der Waals surface area contributed by atoms with Crippen LogP contribution in [0.5, 0.6) is 0 Å². The van der Waals surface area contributed by atoms with Gasteiger partial charge in [-0.05, 0) is 24.8 Å². The van der Waals surface area contributed by atoms with Gasteiger partial charge in [-0.1, -0.05) is 38.0 Å². The second-order valence-electron chi connectivity index (χ2n) is 6.09. The summed E-state index contributed by atoms with van der Waals surface area (Å²) in [6, 6.07) is 10.9. The molecule has 2 aromatic rings. The number of fused-ring (bicyclic) bond motifs is 1. The summed E-state index contributed by atoms with van der Waals surface area (Å²) in [6.45, 7) is 2.33. The number of nitrogens with zero attached hydrogens (tertiary/aromatic N) is 3. The number of benzene rings is 1. The average Bonchev–Trinajstić information content (AvgIpc) is 2.53. The van der Waals surface area contributed by atoms with Crippen molar-refractivity contribution in [2.75, 3.05) is 11.9 Å². The Morgan fingerprint density at radius 3 is 2.76 bits per heavy atom. The SMILES string of the molecule is CC1CCCCC1N(C)c1c(C#N)cnc2ccccc12. The van der Waals surface area contributed by atoms with Crippen molar-refractivity contribution in [1.29, 1.82) is 5.26 Å². The van der Waals surface area contributed by atoms with Crippen LogP contribution in [0.4, 0.5) is 5.69 Å². The topological polar surface area (TPSA) is 39.9 Å². The van der Waals surface area contributed by atoms with E-state index in [1.165, 1.54) is 25.7 Å². The van der Waals surface area contributed by atoms with E-state index in [0.29, 0.717) is 17.5 Å². The normalized spacial score (nSPS) is 22.0. The van der Waals surface area contributed by atoms with Crippen LogP contribution in [0, 0.1) is 17.2 Å². The number of nitriles is 1. The number of para-hydroxylation sites is 1. The fourth-order valence-electron chi connectivity index (χ4n) is 3.63. The summed E-state index contributed by atoms with van der Waals surface area (Å²) >= 11 is 0. The smallest absolute Gasteiger partial charge is 0.103 e. The molecule has 3 heteroatoms. The largest absolute Gasteiger partial charge is 0.370 e. The van der Waals surface area contributed by atoms with Gasteiger partial charge in [0.1, 0.15) is 6.07 Å². The summed E-state index contributed by atoms with van der Waals surface area (Å²) in [5, 5.41) is 10.6. The van der Waals surface area contributed by atoms with E-state index in [9.17, 15) is 5.26 Å². The van der Waals surface area contributed by atoms with E-state index < -0.39 is 0 Å². The van der Waals surface area contributed by atoms with Crippen molar-refractivity contribution in [1.82, 2.24) is 4.98 Å². The summed E-state index contributed by atoms with van der Waals surface area (Å²) in [5.41, 5.74) is 2.68. The molecule has 1 aromatic carbocycles. The monoisotopic (exact) mass is 279 g/mol. The van der Waals surface area contributed by atoms with E-state index >= 15 is 0 Å². The Morgan fingerprint density at radius 1 is 1.24 bits per heavy atom. The van der Waals surface area contributed by atoms with E-state index in [-0.39, 0.29) is 0 Å². The van der Waals surface area contributed by atoms with Crippen molar-refractivity contribution in [3.63, 3.8) is 0 Å². The predicted octanol–water partition coefficient (Wildman–Crippen LogP) is 4.12. The highest BCUT2D eigenvalue weighted by atomic mass is 15.1. The van der Waals surface area contributed by atoms with E-state index in [1.807, 2.05) is 18.2 Å². The first-order valence-corrected chi connectivity index (χ1v) is 7.73. The van der Waals surface area contributed by atoms with Gasteiger partial charge >= 0.3 is 0 Å². The van der Waals surface area contributed by atoms with Crippen LogP contribution in [-0.4, -0.2) is 18.1 Å². The quantitative estimate of drug-likeness (QED) is 0.830. The number of rotatable bonds is 2. The molecular weight excluding hydrogens is 258 g/mol. The lowest BCUT2D eigenvalue weighted by molar-refractivity contribution is 0.322. The zero-order chi connectivity index (χ0) is 14.8. The van der Waals surface area contributed by atoms with E-state index in [0.717, 1.165) is 16.6 Å². The van der Waals surface area contributed by atoms with Gasteiger partial charge in [-0.15, -0.1) is 0 Å². The first kappa shape index (κ1) is 13.9. The first-order chi connectivity index (χ1) is 10.2. The van der Waals surface area contributed by atoms with Crippen LogP contribution in [0.15, 0.2) is 30.5 Å². The molecule has 1 aliphatic rings. The van der Waals surface area contributed by atoms with Gasteiger partial charge < -0.3 is 4.90 Å². The van der Waals surface area contributed by atoms with Gasteiger partial charge in [0, 0.05) is 24.7 Å². The predicted molar refractivity (Wildman–Crippen MR) is 86.3 cm³/mol. The molecule has 1 heterocycles. The van der Waals surface area contributed by atoms with Gasteiger partial charge in [0.15, 0.2) is 0 Å². The van der Waals surface area contributed by atoms with Gasteiger partial charge in [0.05, 0.1) is 16.8 Å². The summed E-state index contributed by atoms with van der Waals surface area (Å²) in [6.07, 6.45) is 6.80. The summed E-state index contributed by atoms with van der Waals surface area (Å²) < 4.78 is 0. The molecule has 1 aliphatic carbocycles. The Kier molecular flexibility index (Phi) is 3.79. The number of pyridine rings is 1. The van der Waals surface area contributed by atoms with Crippen molar-refractivity contribution in [3.8, 4) is 6.07 Å². The number of aromatic nitrogens is 1. The molecule has 0 spiro atoms. The molecule has 1 aromatic heterocycles. The fourth-order valence-corrected chi connectivity index (χ4v) is 3.63. The van der Waals surface area contributed by atoms with Crippen molar-refractivity contribution < 1.29 is 0 Å². The van der Waals surface area contributed by atoms with Crippen LogP contribution < -0.4 is 4.90 Å². The zero-order valence-electron chi connectivity index (χ0n) is 12.7. The Labute approximate surface area is 126 Å². The third-order valence-corrected chi connectivity index (χ3v) is 4.78. The molecule has 1 saturated carbocycles. The van der Waals surface area contributed by atoms with Crippen LogP contribution in [0.25, 0.3) is 10.9 Å². The molecule has 3 nitrogen and oxygen atoms in total. The van der Waals surface area contributed by atoms with E-state index in [4.69, 9.17) is 0 Å². The standard InChI is InChI=1S/C18H21N3/c1-13-7-3-6-10-17(13)21(2)18-14(11-19)12-20-16-9-5-4-8-15(16)18/h4-5,8-9,12-13,17H,3,6-7,10H2,1-2H3. The van der Waals surface area contributed by atoms with Crippen molar-refractivity contribution in [2.45, 2.75) is 38.6 Å². The van der Waals surface area contributed by atoms with Crippen molar-refractivity contribution in [2.24, 2.45) is 5.92 Å². The minimum atomic E-state index is 0.511. The number of hydrogen-bond donors (Lipinski definition) is 0. The molecule has 0 N–H and O–H groups in total. The Hall–Kier alpha value is -2.08. The third kappa shape index (κ3) is 2.47. The minimum absolute atomic E-state index is 0.511. The molecule has 0 radical (unpaired) electrons. The summed E-state index contributed by atoms with van der Waals surface area (Å²) in [4.78, 5) is 6.74. The Balaban J connectivity index is 2.11. The maximum atomic E-state index is 9.47. The molecule has 0 saturated heterocycles. The molecule has 1 fully saturated rings. The Morgan fingerprint density at radius 2 is 2.00 bits per heavy atom. The Bertz CT molecular complexity index is 686. The molecule has 2 unspecified atom stereocenters.